The van der Waals surface area contributed by atoms with Crippen molar-refractivity contribution >= 4 is 51.6 Å². The second-order valence-electron chi connectivity index (χ2n) is 3.02. The second-order valence-corrected chi connectivity index (χ2v) is 7.69. The van der Waals surface area contributed by atoms with Crippen LogP contribution in [-0.4, -0.2) is 20.8 Å². The Balaban J connectivity index is 2.43. The van der Waals surface area contributed by atoms with Crippen LogP contribution in [0.15, 0.2) is 27.1 Å². The van der Waals surface area contributed by atoms with E-state index in [1.165, 1.54) is 0 Å². The quantitative estimate of drug-likeness (QED) is 0.569. The molecule has 0 aliphatic carbocycles. The van der Waals surface area contributed by atoms with Crippen molar-refractivity contribution in [2.45, 2.75) is 6.42 Å². The summed E-state index contributed by atoms with van der Waals surface area (Å²) in [5.41, 5.74) is 0. The van der Waals surface area contributed by atoms with E-state index in [1.54, 1.807) is 6.07 Å². The molecule has 0 saturated carbocycles. The van der Waals surface area contributed by atoms with E-state index in [0.29, 0.717) is 18.8 Å². The minimum Gasteiger partial charge on any atom is -0.492 e. The van der Waals surface area contributed by atoms with Crippen molar-refractivity contribution in [3.63, 3.8) is 0 Å². The summed E-state index contributed by atoms with van der Waals surface area (Å²) in [4.78, 5) is 0. The van der Waals surface area contributed by atoms with Gasteiger partial charge in [-0.15, -0.1) is 0 Å². The molecule has 0 unspecified atom stereocenters. The van der Waals surface area contributed by atoms with Gasteiger partial charge in [0.2, 0.25) is 9.05 Å². The summed E-state index contributed by atoms with van der Waals surface area (Å²) in [5, 5.41) is 0. The van der Waals surface area contributed by atoms with Crippen molar-refractivity contribution in [1.82, 2.24) is 0 Å². The van der Waals surface area contributed by atoms with Gasteiger partial charge < -0.3 is 4.74 Å². The molecule has 0 amide bonds. The minimum absolute atomic E-state index is 0.0807. The summed E-state index contributed by atoms with van der Waals surface area (Å²) in [6.07, 6.45) is 0.369. The third kappa shape index (κ3) is 5.52. The molecule has 1 aromatic rings. The van der Waals surface area contributed by atoms with Gasteiger partial charge in [-0.3, -0.25) is 0 Å². The maximum Gasteiger partial charge on any atom is 0.232 e. The van der Waals surface area contributed by atoms with Crippen LogP contribution in [0.2, 0.25) is 0 Å². The molecule has 0 aliphatic heterocycles. The molecule has 0 heterocycles. The Labute approximate surface area is 116 Å². The SMILES string of the molecule is O=S(=O)(Cl)CCCOc1ccc(Br)cc1Br. The summed E-state index contributed by atoms with van der Waals surface area (Å²) in [6.45, 7) is 0.312. The van der Waals surface area contributed by atoms with Gasteiger partial charge in [-0.2, -0.15) is 0 Å². The fourth-order valence-electron chi connectivity index (χ4n) is 1.01. The van der Waals surface area contributed by atoms with Crippen molar-refractivity contribution in [2.75, 3.05) is 12.4 Å². The highest BCUT2D eigenvalue weighted by molar-refractivity contribution is 9.11. The van der Waals surface area contributed by atoms with E-state index in [1.807, 2.05) is 12.1 Å². The maximum atomic E-state index is 10.6. The van der Waals surface area contributed by atoms with Crippen LogP contribution in [0.3, 0.4) is 0 Å². The highest BCUT2D eigenvalue weighted by Crippen LogP contribution is 2.28. The maximum absolute atomic E-state index is 10.6. The van der Waals surface area contributed by atoms with Crippen molar-refractivity contribution in [2.24, 2.45) is 0 Å². The Morgan fingerprint density at radius 3 is 2.56 bits per heavy atom. The van der Waals surface area contributed by atoms with Gasteiger partial charge in [-0.25, -0.2) is 8.42 Å². The minimum atomic E-state index is -3.42. The summed E-state index contributed by atoms with van der Waals surface area (Å²) in [7, 11) is 1.65. The van der Waals surface area contributed by atoms with Gasteiger partial charge in [-0.05, 0) is 40.5 Å². The molecular formula is C9H9Br2ClO3S. The molecule has 0 fully saturated rings. The van der Waals surface area contributed by atoms with E-state index in [0.717, 1.165) is 8.95 Å². The van der Waals surface area contributed by atoms with Crippen LogP contribution in [0.5, 0.6) is 5.75 Å². The Morgan fingerprint density at radius 2 is 2.00 bits per heavy atom. The topological polar surface area (TPSA) is 43.4 Å². The Bertz CT molecular complexity index is 462. The third-order valence-corrected chi connectivity index (χ3v) is 4.04. The van der Waals surface area contributed by atoms with Crippen molar-refractivity contribution < 1.29 is 13.2 Å². The number of hydrogen-bond donors (Lipinski definition) is 0. The molecule has 0 aliphatic rings. The monoisotopic (exact) mass is 390 g/mol. The summed E-state index contributed by atoms with van der Waals surface area (Å²) in [5.74, 6) is 0.595. The Hall–Kier alpha value is 0.220. The van der Waals surface area contributed by atoms with Crippen LogP contribution in [0.25, 0.3) is 0 Å². The first-order valence-electron chi connectivity index (χ1n) is 4.39. The highest BCUT2D eigenvalue weighted by Gasteiger charge is 2.06. The van der Waals surface area contributed by atoms with Crippen molar-refractivity contribution in [1.29, 1.82) is 0 Å². The molecule has 1 rings (SSSR count). The molecule has 1 aromatic carbocycles. The number of hydrogen-bond acceptors (Lipinski definition) is 3. The number of rotatable bonds is 5. The van der Waals surface area contributed by atoms with Crippen LogP contribution in [-0.2, 0) is 9.05 Å². The summed E-state index contributed by atoms with van der Waals surface area (Å²) in [6, 6.07) is 5.50. The lowest BCUT2D eigenvalue weighted by Crippen LogP contribution is -2.05. The second kappa shape index (κ2) is 6.23. The zero-order valence-corrected chi connectivity index (χ0v) is 12.9. The molecule has 0 saturated heterocycles. The van der Waals surface area contributed by atoms with Crippen molar-refractivity contribution in [3.8, 4) is 5.75 Å². The van der Waals surface area contributed by atoms with Gasteiger partial charge in [0.05, 0.1) is 16.8 Å². The molecule has 0 aromatic heterocycles. The zero-order chi connectivity index (χ0) is 12.2. The predicted molar refractivity (Wildman–Crippen MR) is 71.6 cm³/mol. The lowest BCUT2D eigenvalue weighted by molar-refractivity contribution is 0.316. The molecular weight excluding hydrogens is 383 g/mol. The van der Waals surface area contributed by atoms with Gasteiger partial charge in [0.1, 0.15) is 5.75 Å². The van der Waals surface area contributed by atoms with Gasteiger partial charge in [0, 0.05) is 15.2 Å². The van der Waals surface area contributed by atoms with E-state index in [2.05, 4.69) is 31.9 Å². The van der Waals surface area contributed by atoms with Crippen LogP contribution < -0.4 is 4.74 Å². The van der Waals surface area contributed by atoms with E-state index in [9.17, 15) is 8.42 Å². The average Bonchev–Trinajstić information content (AvgIpc) is 2.13. The van der Waals surface area contributed by atoms with Gasteiger partial charge in [-0.1, -0.05) is 15.9 Å². The summed E-state index contributed by atoms with van der Waals surface area (Å²) < 4.78 is 28.4. The standard InChI is InChI=1S/C9H9Br2ClO3S/c10-7-2-3-9(8(11)6-7)15-4-1-5-16(12,13)14/h2-3,6H,1,4-5H2. The molecule has 3 nitrogen and oxygen atoms in total. The number of halogens is 3. The third-order valence-electron chi connectivity index (χ3n) is 1.68. The molecule has 16 heavy (non-hydrogen) atoms. The van der Waals surface area contributed by atoms with Gasteiger partial charge in [0.25, 0.3) is 0 Å². The fraction of sp³-hybridized carbons (Fsp3) is 0.333. The molecule has 0 N–H and O–H groups in total. The summed E-state index contributed by atoms with van der Waals surface area (Å²) >= 11 is 6.66. The van der Waals surface area contributed by atoms with Crippen LogP contribution in [0, 0.1) is 0 Å². The first-order valence-corrected chi connectivity index (χ1v) is 8.45. The van der Waals surface area contributed by atoms with Crippen LogP contribution >= 0.6 is 42.5 Å². The van der Waals surface area contributed by atoms with E-state index < -0.39 is 9.05 Å². The first kappa shape index (κ1) is 14.3. The molecule has 7 heteroatoms. The average molecular weight is 392 g/mol. The van der Waals surface area contributed by atoms with E-state index >= 15 is 0 Å². The predicted octanol–water partition coefficient (Wildman–Crippen LogP) is 3.55. The molecule has 0 atom stereocenters. The largest absolute Gasteiger partial charge is 0.492 e. The lowest BCUT2D eigenvalue weighted by atomic mass is 10.3. The lowest BCUT2D eigenvalue weighted by Gasteiger charge is -2.07. The van der Waals surface area contributed by atoms with Gasteiger partial charge >= 0.3 is 0 Å². The Kier molecular flexibility index (Phi) is 5.56. The van der Waals surface area contributed by atoms with Crippen LogP contribution in [0.1, 0.15) is 6.42 Å². The number of benzene rings is 1. The zero-order valence-electron chi connectivity index (χ0n) is 8.12. The normalized spacial score (nSPS) is 11.4. The fourth-order valence-corrected chi connectivity index (χ4v) is 2.96. The van der Waals surface area contributed by atoms with E-state index in [-0.39, 0.29) is 5.75 Å². The molecule has 0 radical (unpaired) electrons. The van der Waals surface area contributed by atoms with Gasteiger partial charge in [0.15, 0.2) is 0 Å². The van der Waals surface area contributed by atoms with Crippen LogP contribution in [0.4, 0.5) is 0 Å². The number of ether oxygens (including phenoxy) is 1. The Morgan fingerprint density at radius 1 is 1.31 bits per heavy atom. The molecule has 0 bridgehead atoms. The molecule has 0 spiro atoms. The highest BCUT2D eigenvalue weighted by atomic mass is 79.9. The molecule has 90 valence electrons. The van der Waals surface area contributed by atoms with E-state index in [4.69, 9.17) is 15.4 Å². The van der Waals surface area contributed by atoms with Crippen molar-refractivity contribution in [3.05, 3.63) is 27.1 Å². The first-order chi connectivity index (χ1) is 7.38. The smallest absolute Gasteiger partial charge is 0.232 e.